The molecule has 1 aliphatic heterocycles. The van der Waals surface area contributed by atoms with Crippen molar-refractivity contribution in [3.05, 3.63) is 96.3 Å². The summed E-state index contributed by atoms with van der Waals surface area (Å²) in [6.45, 7) is -0.436. The molecule has 8 nitrogen and oxygen atoms in total. The van der Waals surface area contributed by atoms with E-state index < -0.39 is 42.1 Å². The van der Waals surface area contributed by atoms with Gasteiger partial charge in [0.05, 0.1) is 12.1 Å². The lowest BCUT2D eigenvalue weighted by atomic mass is 10.1. The Hall–Kier alpha value is -4.53. The first-order chi connectivity index (χ1) is 16.4. The maximum Gasteiger partial charge on any atom is 0.276 e. The molecule has 1 saturated heterocycles. The van der Waals surface area contributed by atoms with Crippen LogP contribution in [0.3, 0.4) is 0 Å². The molecule has 1 N–H and O–H groups in total. The number of hydrazine groups is 1. The van der Waals surface area contributed by atoms with Crippen molar-refractivity contribution in [1.29, 1.82) is 0 Å². The van der Waals surface area contributed by atoms with Crippen LogP contribution in [0.25, 0.3) is 0 Å². The average molecular weight is 461 g/mol. The van der Waals surface area contributed by atoms with Gasteiger partial charge in [-0.2, -0.15) is 0 Å². The first-order valence-corrected chi connectivity index (χ1v) is 10.4. The van der Waals surface area contributed by atoms with E-state index in [0.29, 0.717) is 11.4 Å². The van der Waals surface area contributed by atoms with E-state index in [9.17, 15) is 23.6 Å². The van der Waals surface area contributed by atoms with E-state index in [2.05, 4.69) is 5.43 Å². The van der Waals surface area contributed by atoms with E-state index in [0.717, 1.165) is 22.0 Å². The van der Waals surface area contributed by atoms with Gasteiger partial charge in [0.15, 0.2) is 6.61 Å². The number of hydrogen-bond donors (Lipinski definition) is 1. The molecule has 172 valence electrons. The van der Waals surface area contributed by atoms with Crippen LogP contribution in [0.2, 0.25) is 0 Å². The lowest BCUT2D eigenvalue weighted by Crippen LogP contribution is -2.55. The highest BCUT2D eigenvalue weighted by atomic mass is 19.1. The molecular weight excluding hydrogens is 441 g/mol. The molecule has 0 saturated carbocycles. The molecule has 9 heteroatoms. The van der Waals surface area contributed by atoms with Crippen molar-refractivity contribution in [3.63, 3.8) is 0 Å². The second-order valence-electron chi connectivity index (χ2n) is 7.44. The topological polar surface area (TPSA) is 96.0 Å². The van der Waals surface area contributed by atoms with Crippen molar-refractivity contribution in [2.75, 3.05) is 11.5 Å². The summed E-state index contributed by atoms with van der Waals surface area (Å²) in [5.41, 5.74) is 2.78. The predicted molar refractivity (Wildman–Crippen MR) is 120 cm³/mol. The third kappa shape index (κ3) is 4.93. The van der Waals surface area contributed by atoms with Crippen molar-refractivity contribution in [1.82, 2.24) is 10.4 Å². The number of anilines is 1. The van der Waals surface area contributed by atoms with Crippen LogP contribution in [0.1, 0.15) is 16.8 Å². The number of rotatable bonds is 6. The molecule has 1 heterocycles. The van der Waals surface area contributed by atoms with Crippen LogP contribution < -0.4 is 15.1 Å². The number of hydrogen-bond acceptors (Lipinski definition) is 5. The highest BCUT2D eigenvalue weighted by Crippen LogP contribution is 2.26. The number of nitrogens with zero attached hydrogens (tertiary/aromatic N) is 2. The second kappa shape index (κ2) is 9.95. The number of nitrogens with one attached hydrogen (secondary N) is 1. The van der Waals surface area contributed by atoms with Crippen molar-refractivity contribution in [3.8, 4) is 5.75 Å². The van der Waals surface area contributed by atoms with Gasteiger partial charge in [-0.3, -0.25) is 24.6 Å². The molecule has 0 aliphatic carbocycles. The second-order valence-corrected chi connectivity index (χ2v) is 7.44. The van der Waals surface area contributed by atoms with Crippen LogP contribution in [-0.2, 0) is 14.4 Å². The molecule has 1 aliphatic rings. The number of amides is 4. The van der Waals surface area contributed by atoms with E-state index in [1.807, 2.05) is 0 Å². The van der Waals surface area contributed by atoms with Gasteiger partial charge in [-0.1, -0.05) is 36.4 Å². The normalized spacial score (nSPS) is 15.2. The Morgan fingerprint density at radius 3 is 2.21 bits per heavy atom. The molecule has 4 amide bonds. The fourth-order valence-electron chi connectivity index (χ4n) is 3.50. The molecule has 1 atom stereocenters. The third-order valence-electron chi connectivity index (χ3n) is 5.12. The quantitative estimate of drug-likeness (QED) is 0.450. The Bertz CT molecular complexity index is 1200. The standard InChI is InChI=1S/C25H20FN3O5/c26-18-13-11-17(12-14-18)24(32)29(27-22(30)16-34-20-9-5-2-6-10-20)21-15-23(31)28(25(21)33)19-7-3-1-4-8-19/h1-14,21H,15-16H2,(H,27,30). The minimum absolute atomic E-state index is 0.0316. The highest BCUT2D eigenvalue weighted by molar-refractivity contribution is 6.23. The molecule has 34 heavy (non-hydrogen) atoms. The van der Waals surface area contributed by atoms with Crippen molar-refractivity contribution in [2.45, 2.75) is 12.5 Å². The summed E-state index contributed by atoms with van der Waals surface area (Å²) in [4.78, 5) is 52.7. The van der Waals surface area contributed by atoms with Crippen molar-refractivity contribution in [2.24, 2.45) is 0 Å². The van der Waals surface area contributed by atoms with Crippen LogP contribution in [-0.4, -0.2) is 41.3 Å². The van der Waals surface area contributed by atoms with Crippen LogP contribution in [0.15, 0.2) is 84.9 Å². The van der Waals surface area contributed by atoms with Gasteiger partial charge in [-0.15, -0.1) is 0 Å². The first-order valence-electron chi connectivity index (χ1n) is 10.4. The van der Waals surface area contributed by atoms with Gasteiger partial charge < -0.3 is 4.74 Å². The smallest absolute Gasteiger partial charge is 0.276 e. The zero-order valence-electron chi connectivity index (χ0n) is 17.9. The summed E-state index contributed by atoms with van der Waals surface area (Å²) in [5, 5.41) is 0.813. The zero-order chi connectivity index (χ0) is 24.1. The lowest BCUT2D eigenvalue weighted by molar-refractivity contribution is -0.130. The summed E-state index contributed by atoms with van der Waals surface area (Å²) in [6, 6.07) is 20.2. The molecule has 3 aromatic carbocycles. The Morgan fingerprint density at radius 2 is 1.56 bits per heavy atom. The molecule has 0 radical (unpaired) electrons. The fraction of sp³-hybridized carbons (Fsp3) is 0.120. The van der Waals surface area contributed by atoms with Crippen LogP contribution >= 0.6 is 0 Å². The number of ether oxygens (including phenoxy) is 1. The maximum absolute atomic E-state index is 13.4. The first kappa shape index (κ1) is 22.7. The van der Waals surface area contributed by atoms with E-state index in [-0.39, 0.29) is 12.0 Å². The van der Waals surface area contributed by atoms with Gasteiger partial charge in [0.2, 0.25) is 5.91 Å². The molecule has 4 rings (SSSR count). The summed E-state index contributed by atoms with van der Waals surface area (Å²) in [7, 11) is 0. The Balaban J connectivity index is 1.57. The molecule has 0 aromatic heterocycles. The zero-order valence-corrected chi connectivity index (χ0v) is 17.9. The summed E-state index contributed by atoms with van der Waals surface area (Å²) in [5.74, 6) is -2.78. The van der Waals surface area contributed by atoms with Gasteiger partial charge in [-0.05, 0) is 48.5 Å². The molecule has 3 aromatic rings. The molecule has 0 bridgehead atoms. The van der Waals surface area contributed by atoms with E-state index in [1.54, 1.807) is 60.7 Å². The molecular formula is C25H20FN3O5. The van der Waals surface area contributed by atoms with Crippen LogP contribution in [0.5, 0.6) is 5.75 Å². The predicted octanol–water partition coefficient (Wildman–Crippen LogP) is 2.71. The largest absolute Gasteiger partial charge is 0.484 e. The van der Waals surface area contributed by atoms with Gasteiger partial charge in [0.25, 0.3) is 17.7 Å². The van der Waals surface area contributed by atoms with E-state index in [4.69, 9.17) is 4.74 Å². The number of benzene rings is 3. The number of para-hydroxylation sites is 2. The minimum atomic E-state index is -1.29. The monoisotopic (exact) mass is 461 g/mol. The van der Waals surface area contributed by atoms with Gasteiger partial charge in [-0.25, -0.2) is 14.3 Å². The summed E-state index contributed by atoms with van der Waals surface area (Å²) >= 11 is 0. The number of carbonyl (C=O) groups excluding carboxylic acids is 4. The van der Waals surface area contributed by atoms with Gasteiger partial charge in [0, 0.05) is 5.56 Å². The van der Waals surface area contributed by atoms with Crippen molar-refractivity contribution >= 4 is 29.3 Å². The highest BCUT2D eigenvalue weighted by Gasteiger charge is 2.45. The maximum atomic E-state index is 13.4. The fourth-order valence-corrected chi connectivity index (χ4v) is 3.50. The summed E-state index contributed by atoms with van der Waals surface area (Å²) in [6.07, 6.45) is -0.333. The summed E-state index contributed by atoms with van der Waals surface area (Å²) < 4.78 is 18.8. The number of carbonyl (C=O) groups is 4. The van der Waals surface area contributed by atoms with E-state index >= 15 is 0 Å². The van der Waals surface area contributed by atoms with Crippen molar-refractivity contribution < 1.29 is 28.3 Å². The SMILES string of the molecule is O=C(COc1ccccc1)NN(C(=O)c1ccc(F)cc1)C1CC(=O)N(c2ccccc2)C1=O. The lowest BCUT2D eigenvalue weighted by Gasteiger charge is -2.28. The number of imide groups is 1. The van der Waals surface area contributed by atoms with Crippen LogP contribution in [0, 0.1) is 5.82 Å². The van der Waals surface area contributed by atoms with Gasteiger partial charge >= 0.3 is 0 Å². The van der Waals surface area contributed by atoms with Gasteiger partial charge in [0.1, 0.15) is 17.6 Å². The Morgan fingerprint density at radius 1 is 0.941 bits per heavy atom. The average Bonchev–Trinajstić information content (AvgIpc) is 3.15. The molecule has 1 fully saturated rings. The van der Waals surface area contributed by atoms with E-state index in [1.165, 1.54) is 12.1 Å². The third-order valence-corrected chi connectivity index (χ3v) is 5.12. The Kier molecular flexibility index (Phi) is 6.63. The minimum Gasteiger partial charge on any atom is -0.484 e. The van der Waals surface area contributed by atoms with Crippen LogP contribution in [0.4, 0.5) is 10.1 Å². The number of halogens is 1. The Labute approximate surface area is 194 Å². The molecule has 1 unspecified atom stereocenters. The molecule has 0 spiro atoms.